The van der Waals surface area contributed by atoms with Gasteiger partial charge in [0.05, 0.1) is 17.6 Å². The summed E-state index contributed by atoms with van der Waals surface area (Å²) in [6.07, 6.45) is 0.927. The van der Waals surface area contributed by atoms with E-state index in [0.29, 0.717) is 5.56 Å². The summed E-state index contributed by atoms with van der Waals surface area (Å²) in [6, 6.07) is 27.4. The first-order valence-electron chi connectivity index (χ1n) is 15.5. The van der Waals surface area contributed by atoms with Gasteiger partial charge >= 0.3 is 6.09 Å². The minimum atomic E-state index is -0.680. The lowest BCUT2D eigenvalue weighted by atomic mass is 10.1. The molecule has 0 saturated carbocycles. The zero-order valence-electron chi connectivity index (χ0n) is 27.5. The molecule has 0 fully saturated rings. The average Bonchev–Trinajstić information content (AvgIpc) is 3.36. The summed E-state index contributed by atoms with van der Waals surface area (Å²) < 4.78 is 9.41. The van der Waals surface area contributed by atoms with Crippen LogP contribution in [0.3, 0.4) is 0 Å². The second-order valence-corrected chi connectivity index (χ2v) is 12.7. The molecule has 0 aliphatic carbocycles. The first-order valence-corrected chi connectivity index (χ1v) is 16.3. The van der Waals surface area contributed by atoms with E-state index >= 15 is 0 Å². The zero-order chi connectivity index (χ0) is 32.8. The van der Waals surface area contributed by atoms with Crippen molar-refractivity contribution in [3.05, 3.63) is 95.8 Å². The number of ether oxygens (including phenoxy) is 1. The summed E-state index contributed by atoms with van der Waals surface area (Å²) >= 11 is 1.78. The number of anilines is 2. The van der Waals surface area contributed by atoms with Gasteiger partial charge in [0.2, 0.25) is 0 Å². The molecule has 5 rings (SSSR count). The minimum absolute atomic E-state index is 0.146. The van der Waals surface area contributed by atoms with Gasteiger partial charge in [-0.25, -0.2) is 9.78 Å². The predicted octanol–water partition coefficient (Wildman–Crippen LogP) is 6.51. The van der Waals surface area contributed by atoms with Crippen LogP contribution < -0.4 is 14.9 Å². The third-order valence-corrected chi connectivity index (χ3v) is 9.08. The summed E-state index contributed by atoms with van der Waals surface area (Å²) in [5.41, 5.74) is 12.2. The maximum Gasteiger partial charge on any atom is 0.435 e. The molecule has 1 heterocycles. The highest BCUT2D eigenvalue weighted by Gasteiger charge is 2.16. The molecule has 0 aliphatic rings. The molecule has 5 aromatic rings. The quantitative estimate of drug-likeness (QED) is 0.0940. The smallest absolute Gasteiger partial charge is 0.435 e. The summed E-state index contributed by atoms with van der Waals surface area (Å²) in [4.78, 5) is 26.1. The van der Waals surface area contributed by atoms with Crippen LogP contribution in [-0.2, 0) is 24.6 Å². The predicted molar refractivity (Wildman–Crippen MR) is 192 cm³/mol. The number of rotatable bonds is 12. The summed E-state index contributed by atoms with van der Waals surface area (Å²) in [5.74, 6) is 1.17. The Hall–Kier alpha value is -4.54. The Kier molecular flexibility index (Phi) is 10.5. The molecule has 0 saturated heterocycles. The number of amidine groups is 1. The Bertz CT molecular complexity index is 1850. The van der Waals surface area contributed by atoms with Crippen molar-refractivity contribution in [1.29, 1.82) is 0 Å². The number of hydrogen-bond acceptors (Lipinski definition) is 7. The molecule has 0 spiro atoms. The Morgan fingerprint density at radius 1 is 0.935 bits per heavy atom. The Morgan fingerprint density at radius 3 is 2.39 bits per heavy atom. The highest BCUT2D eigenvalue weighted by molar-refractivity contribution is 8.00. The van der Waals surface area contributed by atoms with Crippen LogP contribution in [0.25, 0.3) is 21.8 Å². The first-order chi connectivity index (χ1) is 22.1. The van der Waals surface area contributed by atoms with Crippen LogP contribution >= 0.6 is 11.9 Å². The average molecular weight is 638 g/mol. The van der Waals surface area contributed by atoms with E-state index < -0.39 is 6.09 Å². The highest BCUT2D eigenvalue weighted by Crippen LogP contribution is 2.37. The fourth-order valence-electron chi connectivity index (χ4n) is 5.40. The molecule has 46 heavy (non-hydrogen) atoms. The number of likely N-dealkylation sites (N-methyl/N-ethyl adjacent to an activating group) is 1. The Balaban J connectivity index is 1.36. The molecular weight excluding hydrogens is 595 g/mol. The van der Waals surface area contributed by atoms with Crippen molar-refractivity contribution < 1.29 is 9.53 Å². The van der Waals surface area contributed by atoms with Crippen LogP contribution in [0.4, 0.5) is 16.2 Å². The van der Waals surface area contributed by atoms with Gasteiger partial charge in [-0.05, 0) is 80.7 Å². The molecule has 0 bridgehead atoms. The molecule has 0 radical (unpaired) electrons. The van der Waals surface area contributed by atoms with E-state index in [0.717, 1.165) is 54.0 Å². The van der Waals surface area contributed by atoms with Gasteiger partial charge in [0.25, 0.3) is 0 Å². The normalized spacial score (nSPS) is 11.8. The molecule has 0 atom stereocenters. The number of hydrogen-bond donors (Lipinski definition) is 1. The van der Waals surface area contributed by atoms with Crippen LogP contribution in [0.2, 0.25) is 0 Å². The SMILES string of the molecule is CCOC(=O)/N=C(\N)c1ccc(CCc2nc3cc(N(CCN(C)C)Sc4cccc5c(N(C)C)cccc45)ccc3n2C)cc1. The second kappa shape index (κ2) is 14.7. The third-order valence-electron chi connectivity index (χ3n) is 7.91. The molecular formula is C36H43N7O2S. The van der Waals surface area contributed by atoms with Crippen LogP contribution in [0.1, 0.15) is 23.9 Å². The summed E-state index contributed by atoms with van der Waals surface area (Å²) in [6.45, 7) is 3.77. The maximum absolute atomic E-state index is 11.6. The topological polar surface area (TPSA) is 92.2 Å². The monoisotopic (exact) mass is 637 g/mol. The van der Waals surface area contributed by atoms with Crippen molar-refractivity contribution in [3.8, 4) is 0 Å². The van der Waals surface area contributed by atoms with Gasteiger partial charge in [-0.3, -0.25) is 0 Å². The number of aliphatic imine (C=N–C) groups is 1. The molecule has 2 N–H and O–H groups in total. The van der Waals surface area contributed by atoms with Crippen molar-refractivity contribution in [1.82, 2.24) is 14.5 Å². The molecule has 240 valence electrons. The van der Waals surface area contributed by atoms with Crippen LogP contribution in [-0.4, -0.2) is 74.3 Å². The van der Waals surface area contributed by atoms with Gasteiger partial charge in [-0.2, -0.15) is 4.99 Å². The lowest BCUT2D eigenvalue weighted by molar-refractivity contribution is 0.163. The standard InChI is InChI=1S/C36H43N7O2S/c1-7-45-36(44)39-35(37)26-17-14-25(15-18-26)16-21-34-38-30-24-27(19-20-32(30)42(34)6)43(23-22-40(2)3)46-33-13-9-10-28-29(33)11-8-12-31(28)41(4)5/h8-15,17-20,24H,7,16,21-23H2,1-6H3,(H2,37,39,44). The minimum Gasteiger partial charge on any atom is -0.448 e. The van der Waals surface area contributed by atoms with Crippen LogP contribution in [0.5, 0.6) is 0 Å². The number of aromatic nitrogens is 2. The van der Waals surface area contributed by atoms with Crippen LogP contribution in [0.15, 0.2) is 88.8 Å². The van der Waals surface area contributed by atoms with Crippen LogP contribution in [0, 0.1) is 0 Å². The van der Waals surface area contributed by atoms with E-state index in [-0.39, 0.29) is 12.4 Å². The first kappa shape index (κ1) is 32.8. The van der Waals surface area contributed by atoms with E-state index in [2.05, 4.69) is 114 Å². The maximum atomic E-state index is 11.6. The fourth-order valence-corrected chi connectivity index (χ4v) is 6.45. The summed E-state index contributed by atoms with van der Waals surface area (Å²) in [5, 5.41) is 2.49. The third kappa shape index (κ3) is 7.63. The van der Waals surface area contributed by atoms with E-state index in [1.54, 1.807) is 18.9 Å². The fraction of sp³-hybridized carbons (Fsp3) is 0.306. The molecule has 0 unspecified atom stereocenters. The number of fused-ring (bicyclic) bond motifs is 2. The van der Waals surface area contributed by atoms with E-state index in [4.69, 9.17) is 15.5 Å². The lowest BCUT2D eigenvalue weighted by Crippen LogP contribution is -2.26. The number of aryl methyl sites for hydroxylation is 3. The number of benzene rings is 4. The molecule has 4 aromatic carbocycles. The number of nitrogens with zero attached hydrogens (tertiary/aromatic N) is 6. The van der Waals surface area contributed by atoms with Gasteiger partial charge in [0.15, 0.2) is 0 Å². The number of amides is 1. The number of imidazole rings is 1. The van der Waals surface area contributed by atoms with Gasteiger partial charge in [0.1, 0.15) is 11.7 Å². The number of nitrogens with two attached hydrogens (primary N) is 1. The van der Waals surface area contributed by atoms with Gasteiger partial charge in [-0.15, -0.1) is 0 Å². The van der Waals surface area contributed by atoms with Gasteiger partial charge in [-0.1, -0.05) is 48.5 Å². The Morgan fingerprint density at radius 2 is 1.67 bits per heavy atom. The molecule has 10 heteroatoms. The lowest BCUT2D eigenvalue weighted by Gasteiger charge is -2.26. The van der Waals surface area contributed by atoms with E-state index in [1.165, 1.54) is 21.4 Å². The largest absolute Gasteiger partial charge is 0.448 e. The van der Waals surface area contributed by atoms with Gasteiger partial charge < -0.3 is 29.1 Å². The highest BCUT2D eigenvalue weighted by atomic mass is 32.2. The van der Waals surface area contributed by atoms with E-state index in [9.17, 15) is 4.79 Å². The Labute approximate surface area is 275 Å². The second-order valence-electron chi connectivity index (χ2n) is 11.7. The molecule has 1 aromatic heterocycles. The summed E-state index contributed by atoms with van der Waals surface area (Å²) in [7, 11) is 10.5. The van der Waals surface area contributed by atoms with Crippen molar-refractivity contribution in [3.63, 3.8) is 0 Å². The number of carbonyl (C=O) groups is 1. The molecule has 0 aliphatic heterocycles. The number of carbonyl (C=O) groups excluding carboxylic acids is 1. The van der Waals surface area contributed by atoms with Crippen molar-refractivity contribution in [2.75, 3.05) is 57.1 Å². The van der Waals surface area contributed by atoms with Crippen molar-refractivity contribution in [2.45, 2.75) is 24.7 Å². The van der Waals surface area contributed by atoms with Crippen molar-refractivity contribution >= 4 is 57.1 Å². The molecule has 1 amide bonds. The van der Waals surface area contributed by atoms with Gasteiger partial charge in [0, 0.05) is 67.9 Å². The zero-order valence-corrected chi connectivity index (χ0v) is 28.3. The van der Waals surface area contributed by atoms with E-state index in [1.807, 2.05) is 24.3 Å². The van der Waals surface area contributed by atoms with Crippen molar-refractivity contribution in [2.24, 2.45) is 17.8 Å². The molecule has 9 nitrogen and oxygen atoms in total.